The van der Waals surface area contributed by atoms with Crippen LogP contribution < -0.4 is 5.32 Å². The summed E-state index contributed by atoms with van der Waals surface area (Å²) < 4.78 is 0. The molecule has 1 saturated carbocycles. The minimum absolute atomic E-state index is 0.568. The van der Waals surface area contributed by atoms with Crippen molar-refractivity contribution in [3.05, 3.63) is 58.4 Å². The lowest BCUT2D eigenvalue weighted by Gasteiger charge is -2.12. The summed E-state index contributed by atoms with van der Waals surface area (Å²) in [6.45, 7) is 2.09. The Morgan fingerprint density at radius 2 is 1.96 bits per heavy atom. The van der Waals surface area contributed by atoms with Gasteiger partial charge in [-0.15, -0.1) is 21.5 Å². The Kier molecular flexibility index (Phi) is 5.86. The van der Waals surface area contributed by atoms with E-state index in [-0.39, 0.29) is 0 Å². The average molecular weight is 394 g/mol. The highest BCUT2D eigenvalue weighted by atomic mass is 32.1. The summed E-state index contributed by atoms with van der Waals surface area (Å²) in [4.78, 5) is 8.37. The third-order valence-corrected chi connectivity index (χ3v) is 5.52. The van der Waals surface area contributed by atoms with E-state index in [0.29, 0.717) is 6.04 Å². The van der Waals surface area contributed by atoms with E-state index in [2.05, 4.69) is 66.9 Å². The highest BCUT2D eigenvalue weighted by molar-refractivity contribution is 7.09. The number of rotatable bonds is 4. The zero-order valence-electron chi connectivity index (χ0n) is 15.8. The fourth-order valence-electron chi connectivity index (χ4n) is 3.30. The smallest absolute Gasteiger partial charge is 0.160 e. The molecule has 5 rings (SSSR count). The van der Waals surface area contributed by atoms with Crippen molar-refractivity contribution in [1.82, 2.24) is 30.4 Å². The van der Waals surface area contributed by atoms with Crippen molar-refractivity contribution in [2.45, 2.75) is 45.1 Å². The third-order valence-electron chi connectivity index (χ3n) is 4.83. The minimum Gasteiger partial charge on any atom is -0.367 e. The molecule has 0 unspecified atom stereocenters. The van der Waals surface area contributed by atoms with Gasteiger partial charge in [0.05, 0.1) is 11.6 Å². The van der Waals surface area contributed by atoms with E-state index in [1.165, 1.54) is 36.8 Å². The molecule has 0 atom stereocenters. The topological polar surface area (TPSA) is 92.3 Å². The second kappa shape index (κ2) is 8.88. The van der Waals surface area contributed by atoms with Gasteiger partial charge in [0, 0.05) is 12.5 Å². The maximum atomic E-state index is 4.26. The molecule has 3 aromatic heterocycles. The summed E-state index contributed by atoms with van der Waals surface area (Å²) in [5.74, 6) is 0.903. The molecule has 28 heavy (non-hydrogen) atoms. The van der Waals surface area contributed by atoms with Crippen molar-refractivity contribution in [2.75, 3.05) is 5.32 Å². The monoisotopic (exact) mass is 393 g/mol. The van der Waals surface area contributed by atoms with Gasteiger partial charge in [-0.25, -0.2) is 9.97 Å². The molecule has 0 radical (unpaired) electrons. The van der Waals surface area contributed by atoms with E-state index in [9.17, 15) is 0 Å². The number of fused-ring (bicyclic) bond motifs is 1. The number of aryl methyl sites for hydroxylation is 1. The summed E-state index contributed by atoms with van der Waals surface area (Å²) in [7, 11) is 0. The summed E-state index contributed by atoms with van der Waals surface area (Å²) >= 11 is 1.60. The van der Waals surface area contributed by atoms with Crippen LogP contribution in [0.4, 0.5) is 5.82 Å². The molecular formula is C20H23N7S. The Bertz CT molecular complexity index is 989. The zero-order chi connectivity index (χ0) is 19.2. The van der Waals surface area contributed by atoms with Crippen molar-refractivity contribution in [1.29, 1.82) is 0 Å². The highest BCUT2D eigenvalue weighted by Gasteiger charge is 2.16. The van der Waals surface area contributed by atoms with Crippen LogP contribution in [0.2, 0.25) is 0 Å². The first-order valence-electron chi connectivity index (χ1n) is 9.49. The maximum absolute atomic E-state index is 4.26. The van der Waals surface area contributed by atoms with Gasteiger partial charge in [0.2, 0.25) is 0 Å². The Balaban J connectivity index is 0.000000139. The Morgan fingerprint density at radius 1 is 1.14 bits per heavy atom. The number of hydrogen-bond acceptors (Lipinski definition) is 7. The van der Waals surface area contributed by atoms with Gasteiger partial charge in [-0.05, 0) is 25.3 Å². The second-order valence-corrected chi connectivity index (χ2v) is 7.89. The summed E-state index contributed by atoms with van der Waals surface area (Å²) in [6.07, 6.45) is 9.34. The van der Waals surface area contributed by atoms with Gasteiger partial charge >= 0.3 is 0 Å². The number of nitrogens with zero attached hydrogens (tertiary/aromatic N) is 5. The number of aromatic nitrogens is 6. The molecule has 7 nitrogen and oxygen atoms in total. The molecule has 1 fully saturated rings. The van der Waals surface area contributed by atoms with Gasteiger partial charge in [0.15, 0.2) is 5.65 Å². The van der Waals surface area contributed by atoms with E-state index in [0.717, 1.165) is 28.3 Å². The van der Waals surface area contributed by atoms with Crippen LogP contribution in [0.15, 0.2) is 42.3 Å². The number of benzene rings is 1. The number of aromatic amines is 1. The van der Waals surface area contributed by atoms with Crippen LogP contribution in [0.1, 0.15) is 41.8 Å². The van der Waals surface area contributed by atoms with Crippen LogP contribution in [0, 0.1) is 6.92 Å². The molecule has 1 aromatic carbocycles. The van der Waals surface area contributed by atoms with Gasteiger partial charge < -0.3 is 5.32 Å². The standard InChI is InChI=1S/C10H13N5.C10H10N2S/c1-2-4-7(3-1)14-9-8-5-13-15-10(8)12-6-11-9;1-8-2-4-9(5-3-8)6-10-12-11-7-13-10/h5-7H,1-4H2,(H2,11,12,13,14,15);2-5,7H,6H2,1H3. The molecule has 0 aliphatic heterocycles. The predicted octanol–water partition coefficient (Wildman–Crippen LogP) is 4.14. The van der Waals surface area contributed by atoms with E-state index in [4.69, 9.17) is 0 Å². The summed E-state index contributed by atoms with van der Waals surface area (Å²) in [5.41, 5.74) is 5.15. The molecule has 0 amide bonds. The van der Waals surface area contributed by atoms with Crippen LogP contribution in [0.5, 0.6) is 0 Å². The molecular weight excluding hydrogens is 370 g/mol. The second-order valence-electron chi connectivity index (χ2n) is 6.98. The quantitative estimate of drug-likeness (QED) is 0.541. The normalized spacial score (nSPS) is 14.0. The molecule has 1 aliphatic carbocycles. The van der Waals surface area contributed by atoms with Gasteiger partial charge in [-0.2, -0.15) is 5.10 Å². The van der Waals surface area contributed by atoms with Crippen LogP contribution >= 0.6 is 11.3 Å². The number of anilines is 1. The molecule has 8 heteroatoms. The largest absolute Gasteiger partial charge is 0.367 e. The molecule has 3 heterocycles. The zero-order valence-corrected chi connectivity index (χ0v) is 16.6. The molecule has 144 valence electrons. The molecule has 0 saturated heterocycles. The van der Waals surface area contributed by atoms with Crippen molar-refractivity contribution < 1.29 is 0 Å². The third kappa shape index (κ3) is 4.69. The van der Waals surface area contributed by atoms with Gasteiger partial charge in [0.25, 0.3) is 0 Å². The number of nitrogens with one attached hydrogen (secondary N) is 2. The number of H-pyrrole nitrogens is 1. The molecule has 2 N–H and O–H groups in total. The summed E-state index contributed by atoms with van der Waals surface area (Å²) in [5, 5.41) is 20.1. The fourth-order valence-corrected chi connectivity index (χ4v) is 3.86. The Hall–Kier alpha value is -2.87. The van der Waals surface area contributed by atoms with E-state index in [1.54, 1.807) is 29.4 Å². The van der Waals surface area contributed by atoms with Gasteiger partial charge in [-0.1, -0.05) is 42.7 Å². The summed E-state index contributed by atoms with van der Waals surface area (Å²) in [6, 6.07) is 9.08. The predicted molar refractivity (Wildman–Crippen MR) is 111 cm³/mol. The van der Waals surface area contributed by atoms with E-state index in [1.807, 2.05) is 0 Å². The van der Waals surface area contributed by atoms with Gasteiger partial charge in [-0.3, -0.25) is 5.10 Å². The lowest BCUT2D eigenvalue weighted by molar-refractivity contribution is 0.751. The van der Waals surface area contributed by atoms with Gasteiger partial charge in [0.1, 0.15) is 22.7 Å². The first-order chi connectivity index (χ1) is 13.8. The first-order valence-corrected chi connectivity index (χ1v) is 10.4. The molecule has 0 bridgehead atoms. The van der Waals surface area contributed by atoms with E-state index < -0.39 is 0 Å². The molecule has 1 aliphatic rings. The molecule has 0 spiro atoms. The average Bonchev–Trinajstić information content (AvgIpc) is 3.47. The lowest BCUT2D eigenvalue weighted by atomic mass is 10.1. The fraction of sp³-hybridized carbons (Fsp3) is 0.350. The van der Waals surface area contributed by atoms with Crippen molar-refractivity contribution in [3.63, 3.8) is 0 Å². The Labute approximate surface area is 167 Å². The van der Waals surface area contributed by atoms with E-state index >= 15 is 0 Å². The lowest BCUT2D eigenvalue weighted by Crippen LogP contribution is -2.15. The first kappa shape index (κ1) is 18.5. The Morgan fingerprint density at radius 3 is 2.71 bits per heavy atom. The van der Waals surface area contributed by atoms with Crippen molar-refractivity contribution >= 4 is 28.2 Å². The maximum Gasteiger partial charge on any atom is 0.160 e. The van der Waals surface area contributed by atoms with Crippen LogP contribution in [-0.2, 0) is 6.42 Å². The minimum atomic E-state index is 0.568. The highest BCUT2D eigenvalue weighted by Crippen LogP contribution is 2.24. The number of hydrogen-bond donors (Lipinski definition) is 2. The van der Waals surface area contributed by atoms with Crippen LogP contribution in [0.3, 0.4) is 0 Å². The van der Waals surface area contributed by atoms with Crippen LogP contribution in [0.25, 0.3) is 11.0 Å². The molecule has 4 aromatic rings. The van der Waals surface area contributed by atoms with Crippen molar-refractivity contribution in [2.24, 2.45) is 0 Å². The SMILES string of the molecule is Cc1ccc(Cc2nncs2)cc1.c1nc(NC2CCCC2)c2cn[nH]c2n1. The van der Waals surface area contributed by atoms with Crippen LogP contribution in [-0.4, -0.2) is 36.4 Å². The van der Waals surface area contributed by atoms with Crippen molar-refractivity contribution in [3.8, 4) is 0 Å².